The molecule has 2 rings (SSSR count). The molecule has 0 amide bonds. The van der Waals surface area contributed by atoms with E-state index in [0.717, 1.165) is 16.8 Å². The Morgan fingerprint density at radius 1 is 1.28 bits per heavy atom. The molecule has 94 valence electrons. The van der Waals surface area contributed by atoms with Crippen molar-refractivity contribution in [3.8, 4) is 0 Å². The third kappa shape index (κ3) is 3.22. The fourth-order valence-electron chi connectivity index (χ4n) is 1.63. The maximum atomic E-state index is 9.42. The lowest BCUT2D eigenvalue weighted by molar-refractivity contribution is 0.199. The number of hydrogen-bond acceptors (Lipinski definition) is 3. The summed E-state index contributed by atoms with van der Waals surface area (Å²) in [6, 6.07) is 9.67. The van der Waals surface area contributed by atoms with Crippen molar-refractivity contribution >= 4 is 17.3 Å². The summed E-state index contributed by atoms with van der Waals surface area (Å²) < 4.78 is 0. The van der Waals surface area contributed by atoms with Crippen molar-refractivity contribution in [3.05, 3.63) is 58.9 Å². The topological polar surface area (TPSA) is 45.1 Å². The molecular formula is C14H15ClN2O. The van der Waals surface area contributed by atoms with E-state index < -0.39 is 6.10 Å². The highest BCUT2D eigenvalue weighted by atomic mass is 35.5. The molecular weight excluding hydrogens is 248 g/mol. The molecule has 0 unspecified atom stereocenters. The number of anilines is 1. The molecule has 2 aromatic rings. The van der Waals surface area contributed by atoms with Gasteiger partial charge in [0.05, 0.1) is 16.8 Å². The summed E-state index contributed by atoms with van der Waals surface area (Å²) in [6.45, 7) is 2.44. The van der Waals surface area contributed by atoms with Crippen LogP contribution in [-0.2, 0) is 6.54 Å². The summed E-state index contributed by atoms with van der Waals surface area (Å²) in [5.41, 5.74) is 2.92. The van der Waals surface area contributed by atoms with E-state index in [1.165, 1.54) is 0 Å². The largest absolute Gasteiger partial charge is 0.389 e. The van der Waals surface area contributed by atoms with Gasteiger partial charge in [-0.1, -0.05) is 35.9 Å². The Bertz CT molecular complexity index is 511. The number of nitrogens with one attached hydrogen (secondary N) is 1. The van der Waals surface area contributed by atoms with Crippen LogP contribution >= 0.6 is 11.6 Å². The second-order valence-electron chi connectivity index (χ2n) is 4.13. The third-order valence-electron chi connectivity index (χ3n) is 2.72. The first kappa shape index (κ1) is 12.9. The molecule has 1 aromatic carbocycles. The normalized spacial score (nSPS) is 12.2. The number of hydrogen-bond donors (Lipinski definition) is 2. The first-order valence-corrected chi connectivity index (χ1v) is 6.15. The highest BCUT2D eigenvalue weighted by molar-refractivity contribution is 6.33. The maximum Gasteiger partial charge on any atom is 0.0820 e. The second-order valence-corrected chi connectivity index (χ2v) is 4.53. The standard InChI is InChI=1S/C14H15ClN2O/c1-10(18)12-4-2-11(3-5-12)8-17-14-6-7-16-9-13(14)15/h2-7,9-10,18H,8H2,1H3,(H,16,17)/t10-/m1/s1. The van der Waals surface area contributed by atoms with Crippen molar-refractivity contribution in [2.45, 2.75) is 19.6 Å². The Hall–Kier alpha value is -1.58. The van der Waals surface area contributed by atoms with Crippen molar-refractivity contribution in [2.75, 3.05) is 5.32 Å². The van der Waals surface area contributed by atoms with Crippen LogP contribution in [0, 0.1) is 0 Å². The summed E-state index contributed by atoms with van der Waals surface area (Å²) in [4.78, 5) is 3.93. The lowest BCUT2D eigenvalue weighted by Gasteiger charge is -2.09. The lowest BCUT2D eigenvalue weighted by atomic mass is 10.1. The van der Waals surface area contributed by atoms with Crippen LogP contribution in [-0.4, -0.2) is 10.1 Å². The van der Waals surface area contributed by atoms with Crippen LogP contribution in [0.25, 0.3) is 0 Å². The Balaban J connectivity index is 2.00. The summed E-state index contributed by atoms with van der Waals surface area (Å²) in [7, 11) is 0. The summed E-state index contributed by atoms with van der Waals surface area (Å²) in [5, 5.41) is 13.3. The van der Waals surface area contributed by atoms with E-state index in [1.54, 1.807) is 19.3 Å². The van der Waals surface area contributed by atoms with E-state index in [0.29, 0.717) is 11.6 Å². The van der Waals surface area contributed by atoms with Crippen molar-refractivity contribution in [1.82, 2.24) is 4.98 Å². The summed E-state index contributed by atoms with van der Waals surface area (Å²) in [5.74, 6) is 0. The monoisotopic (exact) mass is 262 g/mol. The number of pyridine rings is 1. The molecule has 3 nitrogen and oxygen atoms in total. The molecule has 2 N–H and O–H groups in total. The van der Waals surface area contributed by atoms with E-state index in [2.05, 4.69) is 10.3 Å². The minimum Gasteiger partial charge on any atom is -0.389 e. The van der Waals surface area contributed by atoms with Gasteiger partial charge in [-0.25, -0.2) is 0 Å². The van der Waals surface area contributed by atoms with Gasteiger partial charge in [0.2, 0.25) is 0 Å². The molecule has 18 heavy (non-hydrogen) atoms. The number of nitrogens with zero attached hydrogens (tertiary/aromatic N) is 1. The molecule has 1 aromatic heterocycles. The predicted molar refractivity (Wildman–Crippen MR) is 73.6 cm³/mol. The first-order chi connectivity index (χ1) is 8.66. The predicted octanol–water partition coefficient (Wildman–Crippen LogP) is 3.40. The van der Waals surface area contributed by atoms with Crippen LogP contribution in [0.5, 0.6) is 0 Å². The third-order valence-corrected chi connectivity index (χ3v) is 3.02. The molecule has 0 aliphatic heterocycles. The minimum atomic E-state index is -0.429. The molecule has 0 radical (unpaired) electrons. The van der Waals surface area contributed by atoms with Crippen LogP contribution in [0.2, 0.25) is 5.02 Å². The van der Waals surface area contributed by atoms with Gasteiger partial charge in [-0.15, -0.1) is 0 Å². The fraction of sp³-hybridized carbons (Fsp3) is 0.214. The van der Waals surface area contributed by atoms with Gasteiger partial charge in [-0.05, 0) is 24.1 Å². The first-order valence-electron chi connectivity index (χ1n) is 5.77. The zero-order chi connectivity index (χ0) is 13.0. The number of aromatic nitrogens is 1. The number of rotatable bonds is 4. The van der Waals surface area contributed by atoms with Crippen LogP contribution in [0.4, 0.5) is 5.69 Å². The van der Waals surface area contributed by atoms with Crippen LogP contribution in [0.1, 0.15) is 24.2 Å². The van der Waals surface area contributed by atoms with Crippen molar-refractivity contribution < 1.29 is 5.11 Å². The van der Waals surface area contributed by atoms with Gasteiger partial charge in [0.25, 0.3) is 0 Å². The smallest absolute Gasteiger partial charge is 0.0820 e. The molecule has 0 bridgehead atoms. The van der Waals surface area contributed by atoms with Gasteiger partial charge in [-0.2, -0.15) is 0 Å². The molecule has 4 heteroatoms. The highest BCUT2D eigenvalue weighted by Crippen LogP contribution is 2.20. The highest BCUT2D eigenvalue weighted by Gasteiger charge is 2.01. The van der Waals surface area contributed by atoms with Crippen molar-refractivity contribution in [1.29, 1.82) is 0 Å². The number of aliphatic hydroxyl groups excluding tert-OH is 1. The minimum absolute atomic E-state index is 0.429. The molecule has 1 atom stereocenters. The molecule has 0 fully saturated rings. The van der Waals surface area contributed by atoms with Crippen LogP contribution in [0.3, 0.4) is 0 Å². The quantitative estimate of drug-likeness (QED) is 0.888. The van der Waals surface area contributed by atoms with E-state index in [1.807, 2.05) is 30.3 Å². The zero-order valence-electron chi connectivity index (χ0n) is 10.1. The van der Waals surface area contributed by atoms with E-state index in [9.17, 15) is 5.11 Å². The van der Waals surface area contributed by atoms with Gasteiger partial charge >= 0.3 is 0 Å². The van der Waals surface area contributed by atoms with Gasteiger partial charge in [0.1, 0.15) is 0 Å². The molecule has 1 heterocycles. The number of halogens is 1. The lowest BCUT2D eigenvalue weighted by Crippen LogP contribution is -2.00. The van der Waals surface area contributed by atoms with Crippen molar-refractivity contribution in [2.24, 2.45) is 0 Å². The fourth-order valence-corrected chi connectivity index (χ4v) is 1.82. The average Bonchev–Trinajstić information content (AvgIpc) is 2.38. The summed E-state index contributed by atoms with van der Waals surface area (Å²) in [6.07, 6.45) is 2.88. The average molecular weight is 263 g/mol. The number of benzene rings is 1. The SMILES string of the molecule is C[C@@H](O)c1ccc(CNc2ccncc2Cl)cc1. The van der Waals surface area contributed by atoms with Crippen LogP contribution < -0.4 is 5.32 Å². The van der Waals surface area contributed by atoms with Crippen molar-refractivity contribution in [3.63, 3.8) is 0 Å². The number of aliphatic hydroxyl groups is 1. The Labute approximate surface area is 111 Å². The Kier molecular flexibility index (Phi) is 4.18. The van der Waals surface area contributed by atoms with Crippen LogP contribution in [0.15, 0.2) is 42.7 Å². The molecule has 0 saturated carbocycles. The molecule has 0 aliphatic carbocycles. The molecule has 0 spiro atoms. The second kappa shape index (κ2) is 5.85. The Morgan fingerprint density at radius 3 is 2.61 bits per heavy atom. The van der Waals surface area contributed by atoms with E-state index in [-0.39, 0.29) is 0 Å². The summed E-state index contributed by atoms with van der Waals surface area (Å²) >= 11 is 6.00. The van der Waals surface area contributed by atoms with E-state index in [4.69, 9.17) is 11.6 Å². The maximum absolute atomic E-state index is 9.42. The Morgan fingerprint density at radius 2 is 2.00 bits per heavy atom. The van der Waals surface area contributed by atoms with Gasteiger partial charge in [0, 0.05) is 18.9 Å². The molecule has 0 aliphatic rings. The van der Waals surface area contributed by atoms with Gasteiger partial charge in [0.15, 0.2) is 0 Å². The van der Waals surface area contributed by atoms with Gasteiger partial charge in [-0.3, -0.25) is 4.98 Å². The zero-order valence-corrected chi connectivity index (χ0v) is 10.9. The van der Waals surface area contributed by atoms with Gasteiger partial charge < -0.3 is 10.4 Å². The van der Waals surface area contributed by atoms with E-state index >= 15 is 0 Å². The molecule has 0 saturated heterocycles.